The first kappa shape index (κ1) is 10.3. The van der Waals surface area contributed by atoms with E-state index in [2.05, 4.69) is 29.3 Å². The average Bonchev–Trinajstić information content (AvgIpc) is 2.47. The van der Waals surface area contributed by atoms with Crippen LogP contribution >= 0.6 is 11.8 Å². The van der Waals surface area contributed by atoms with Crippen molar-refractivity contribution in [3.8, 4) is 0 Å². The van der Waals surface area contributed by atoms with Gasteiger partial charge in [0.05, 0.1) is 18.8 Å². The molecular formula is C9H17N3OS. The third kappa shape index (κ3) is 2.62. The molecular weight excluding hydrogens is 198 g/mol. The molecule has 0 radical (unpaired) electrons. The molecule has 0 atom stereocenters. The minimum Gasteiger partial charge on any atom is -0.379 e. The minimum atomic E-state index is 0.0965. The number of aliphatic imine (C=N–C) groups is 1. The van der Waals surface area contributed by atoms with E-state index in [4.69, 9.17) is 4.74 Å². The number of morpholine rings is 1. The Balaban J connectivity index is 1.85. The van der Waals surface area contributed by atoms with Crippen LogP contribution in [0.15, 0.2) is 4.99 Å². The number of amidine groups is 1. The smallest absolute Gasteiger partial charge is 0.171 e. The number of rotatable bonds is 1. The van der Waals surface area contributed by atoms with Gasteiger partial charge in [-0.3, -0.25) is 10.4 Å². The molecule has 0 saturated carbocycles. The number of nitrogens with zero attached hydrogens (tertiary/aromatic N) is 2. The van der Waals surface area contributed by atoms with Crippen molar-refractivity contribution in [2.75, 3.05) is 32.1 Å². The molecule has 2 heterocycles. The molecule has 4 nitrogen and oxygen atoms in total. The molecule has 80 valence electrons. The molecule has 1 N–H and O–H groups in total. The Labute approximate surface area is 89.1 Å². The molecule has 0 spiro atoms. The summed E-state index contributed by atoms with van der Waals surface area (Å²) in [5, 5.41) is 3.23. The number of ether oxygens (including phenoxy) is 1. The first-order valence-electron chi connectivity index (χ1n) is 4.98. The monoisotopic (exact) mass is 215 g/mol. The normalized spacial score (nSPS) is 27.4. The van der Waals surface area contributed by atoms with Crippen molar-refractivity contribution in [3.05, 3.63) is 0 Å². The zero-order valence-corrected chi connectivity index (χ0v) is 9.56. The van der Waals surface area contributed by atoms with Gasteiger partial charge in [0.25, 0.3) is 0 Å². The summed E-state index contributed by atoms with van der Waals surface area (Å²) < 4.78 is 5.28. The molecule has 2 rings (SSSR count). The molecule has 0 aliphatic carbocycles. The molecule has 5 heteroatoms. The van der Waals surface area contributed by atoms with Crippen molar-refractivity contribution in [1.29, 1.82) is 0 Å². The van der Waals surface area contributed by atoms with Crippen LogP contribution < -0.4 is 5.43 Å². The van der Waals surface area contributed by atoms with Gasteiger partial charge >= 0.3 is 0 Å². The molecule has 14 heavy (non-hydrogen) atoms. The van der Waals surface area contributed by atoms with Crippen molar-refractivity contribution in [2.45, 2.75) is 19.4 Å². The summed E-state index contributed by atoms with van der Waals surface area (Å²) >= 11 is 1.80. The SMILES string of the molecule is CC1(C)CSC(NN2CCOCC2)=N1. The van der Waals surface area contributed by atoms with Crippen LogP contribution in [0.25, 0.3) is 0 Å². The lowest BCUT2D eigenvalue weighted by Crippen LogP contribution is -2.47. The van der Waals surface area contributed by atoms with Crippen LogP contribution in [-0.2, 0) is 4.74 Å². The van der Waals surface area contributed by atoms with Gasteiger partial charge in [-0.05, 0) is 13.8 Å². The van der Waals surface area contributed by atoms with Crippen LogP contribution in [0.1, 0.15) is 13.8 Å². The Morgan fingerprint density at radius 3 is 2.71 bits per heavy atom. The van der Waals surface area contributed by atoms with Gasteiger partial charge in [-0.2, -0.15) is 0 Å². The van der Waals surface area contributed by atoms with Crippen LogP contribution in [-0.4, -0.2) is 47.8 Å². The van der Waals surface area contributed by atoms with Crippen molar-refractivity contribution < 1.29 is 4.74 Å². The molecule has 2 aliphatic rings. The Bertz CT molecular complexity index is 236. The second-order valence-electron chi connectivity index (χ2n) is 4.23. The number of thioether (sulfide) groups is 1. The van der Waals surface area contributed by atoms with Crippen LogP contribution in [0.5, 0.6) is 0 Å². The van der Waals surface area contributed by atoms with E-state index in [0.29, 0.717) is 0 Å². The van der Waals surface area contributed by atoms with Crippen molar-refractivity contribution in [1.82, 2.24) is 10.4 Å². The molecule has 0 unspecified atom stereocenters. The zero-order valence-electron chi connectivity index (χ0n) is 8.75. The standard InChI is InChI=1S/C9H17N3OS/c1-9(2)7-14-8(10-9)11-12-3-5-13-6-4-12/h3-7H2,1-2H3,(H,10,11). The Kier molecular flexibility index (Phi) is 2.99. The lowest BCUT2D eigenvalue weighted by Gasteiger charge is -2.27. The van der Waals surface area contributed by atoms with E-state index in [0.717, 1.165) is 37.2 Å². The van der Waals surface area contributed by atoms with Crippen molar-refractivity contribution in [2.24, 2.45) is 4.99 Å². The zero-order chi connectivity index (χ0) is 10.0. The summed E-state index contributed by atoms with van der Waals surface area (Å²) in [5.41, 5.74) is 3.44. The largest absolute Gasteiger partial charge is 0.379 e. The second-order valence-corrected chi connectivity index (χ2v) is 5.19. The molecule has 0 aromatic carbocycles. The molecule has 0 amide bonds. The van der Waals surface area contributed by atoms with E-state index in [-0.39, 0.29) is 5.54 Å². The third-order valence-electron chi connectivity index (χ3n) is 2.23. The Hall–Kier alpha value is -0.260. The summed E-state index contributed by atoms with van der Waals surface area (Å²) in [6, 6.07) is 0. The highest BCUT2D eigenvalue weighted by molar-refractivity contribution is 8.14. The number of nitrogens with one attached hydrogen (secondary N) is 1. The average molecular weight is 215 g/mol. The predicted molar refractivity (Wildman–Crippen MR) is 59.5 cm³/mol. The van der Waals surface area contributed by atoms with Gasteiger partial charge in [-0.25, -0.2) is 5.01 Å². The highest BCUT2D eigenvalue weighted by Crippen LogP contribution is 2.25. The molecule has 0 bridgehead atoms. The summed E-state index contributed by atoms with van der Waals surface area (Å²) in [4.78, 5) is 4.60. The first-order valence-corrected chi connectivity index (χ1v) is 5.96. The molecule has 2 aliphatic heterocycles. The maximum Gasteiger partial charge on any atom is 0.171 e. The highest BCUT2D eigenvalue weighted by atomic mass is 32.2. The number of hydrogen-bond donors (Lipinski definition) is 1. The van der Waals surface area contributed by atoms with Crippen molar-refractivity contribution >= 4 is 16.9 Å². The van der Waals surface area contributed by atoms with E-state index in [9.17, 15) is 0 Å². The fourth-order valence-corrected chi connectivity index (χ4v) is 2.51. The topological polar surface area (TPSA) is 36.9 Å². The first-order chi connectivity index (χ1) is 6.66. The molecule has 1 fully saturated rings. The van der Waals surface area contributed by atoms with Crippen LogP contribution in [0.2, 0.25) is 0 Å². The Morgan fingerprint density at radius 2 is 2.14 bits per heavy atom. The predicted octanol–water partition coefficient (Wildman–Crippen LogP) is 0.705. The molecule has 0 aromatic heterocycles. The summed E-state index contributed by atoms with van der Waals surface area (Å²) in [7, 11) is 0. The van der Waals surface area contributed by atoms with Crippen LogP contribution in [0.4, 0.5) is 0 Å². The summed E-state index contributed by atoms with van der Waals surface area (Å²) in [5.74, 6) is 1.07. The lowest BCUT2D eigenvalue weighted by molar-refractivity contribution is 0.0253. The van der Waals surface area contributed by atoms with E-state index >= 15 is 0 Å². The Morgan fingerprint density at radius 1 is 1.43 bits per heavy atom. The quantitative estimate of drug-likeness (QED) is 0.699. The summed E-state index contributed by atoms with van der Waals surface area (Å²) in [6.07, 6.45) is 0. The van der Waals surface area contributed by atoms with Gasteiger partial charge in [-0.1, -0.05) is 11.8 Å². The van der Waals surface area contributed by atoms with Crippen LogP contribution in [0, 0.1) is 0 Å². The van der Waals surface area contributed by atoms with Gasteiger partial charge in [-0.15, -0.1) is 0 Å². The van der Waals surface area contributed by atoms with E-state index in [1.54, 1.807) is 11.8 Å². The number of hydrogen-bond acceptors (Lipinski definition) is 5. The maximum atomic E-state index is 5.28. The fraction of sp³-hybridized carbons (Fsp3) is 0.889. The molecule has 0 aromatic rings. The lowest BCUT2D eigenvalue weighted by atomic mass is 10.1. The van der Waals surface area contributed by atoms with Gasteiger partial charge < -0.3 is 4.74 Å². The van der Waals surface area contributed by atoms with Crippen LogP contribution in [0.3, 0.4) is 0 Å². The van der Waals surface area contributed by atoms with Gasteiger partial charge in [0.1, 0.15) is 0 Å². The third-order valence-corrected chi connectivity index (χ3v) is 3.54. The van der Waals surface area contributed by atoms with Gasteiger partial charge in [0, 0.05) is 18.8 Å². The number of hydrazine groups is 1. The fourth-order valence-electron chi connectivity index (χ4n) is 1.45. The second kappa shape index (κ2) is 4.08. The van der Waals surface area contributed by atoms with E-state index < -0.39 is 0 Å². The van der Waals surface area contributed by atoms with Gasteiger partial charge in [0.2, 0.25) is 0 Å². The maximum absolute atomic E-state index is 5.28. The minimum absolute atomic E-state index is 0.0965. The van der Waals surface area contributed by atoms with Gasteiger partial charge in [0.15, 0.2) is 5.17 Å². The highest BCUT2D eigenvalue weighted by Gasteiger charge is 2.26. The summed E-state index contributed by atoms with van der Waals surface area (Å²) in [6.45, 7) is 7.84. The molecule has 1 saturated heterocycles. The van der Waals surface area contributed by atoms with E-state index in [1.165, 1.54) is 0 Å². The van der Waals surface area contributed by atoms with Crippen molar-refractivity contribution in [3.63, 3.8) is 0 Å². The van der Waals surface area contributed by atoms with E-state index in [1.807, 2.05) is 0 Å².